The maximum absolute atomic E-state index is 11.6. The van der Waals surface area contributed by atoms with Crippen LogP contribution in [0.25, 0.3) is 0 Å². The Morgan fingerprint density at radius 3 is 2.33 bits per heavy atom. The fourth-order valence-electron chi connectivity index (χ4n) is 1.07. The molecule has 0 aliphatic carbocycles. The van der Waals surface area contributed by atoms with Crippen LogP contribution in [0.1, 0.15) is 26.7 Å². The third kappa shape index (κ3) is 8.27. The number of nitrogens with one attached hydrogen (secondary N) is 2. The number of aliphatic carboxylic acids is 1. The van der Waals surface area contributed by atoms with Crippen LogP contribution in [0.5, 0.6) is 0 Å². The van der Waals surface area contributed by atoms with Crippen molar-refractivity contribution in [2.24, 2.45) is 0 Å². The fraction of sp³-hybridized carbons (Fsp3) is 0.545. The largest absolute Gasteiger partial charge is 1.00 e. The summed E-state index contributed by atoms with van der Waals surface area (Å²) in [6.45, 7) is 6.59. The molecule has 0 bridgehead atoms. The quantitative estimate of drug-likeness (QED) is 0.276. The van der Waals surface area contributed by atoms with E-state index in [2.05, 4.69) is 17.2 Å². The van der Waals surface area contributed by atoms with Crippen molar-refractivity contribution in [3.8, 4) is 0 Å². The number of hydrogen-bond acceptors (Lipinski definition) is 4. The zero-order valence-corrected chi connectivity index (χ0v) is 13.0. The molecule has 0 aromatic carbocycles. The molecule has 0 aromatic heterocycles. The van der Waals surface area contributed by atoms with Crippen LogP contribution in [0.3, 0.4) is 0 Å². The van der Waals surface area contributed by atoms with E-state index in [0.717, 1.165) is 6.08 Å². The summed E-state index contributed by atoms with van der Waals surface area (Å²) in [5.74, 6) is -1.98. The molecule has 0 saturated heterocycles. The minimum Gasteiger partial charge on any atom is -0.550 e. The van der Waals surface area contributed by atoms with Crippen LogP contribution in [-0.2, 0) is 14.4 Å². The van der Waals surface area contributed by atoms with E-state index >= 15 is 0 Å². The number of carbonyl (C=O) groups excluding carboxylic acids is 3. The molecule has 0 aromatic rings. The van der Waals surface area contributed by atoms with Gasteiger partial charge in [0.25, 0.3) is 0 Å². The maximum atomic E-state index is 11.6. The Bertz CT molecular complexity index is 329. The van der Waals surface area contributed by atoms with Gasteiger partial charge >= 0.3 is 29.6 Å². The molecule has 0 rings (SSSR count). The summed E-state index contributed by atoms with van der Waals surface area (Å²) in [6.07, 6.45) is 1.25. The van der Waals surface area contributed by atoms with Crippen molar-refractivity contribution in [1.29, 1.82) is 0 Å². The number of carboxylic acids is 1. The Morgan fingerprint density at radius 2 is 1.89 bits per heavy atom. The van der Waals surface area contributed by atoms with Gasteiger partial charge in [-0.2, -0.15) is 0 Å². The molecular formula is C11H17N2NaO4. The first-order chi connectivity index (χ1) is 7.79. The molecule has 2 amide bonds. The van der Waals surface area contributed by atoms with Gasteiger partial charge < -0.3 is 20.5 Å². The normalized spacial score (nSPS) is 9.89. The molecule has 0 radical (unpaired) electrons. The Balaban J connectivity index is 0. The van der Waals surface area contributed by atoms with Crippen molar-refractivity contribution in [2.75, 3.05) is 6.54 Å². The maximum Gasteiger partial charge on any atom is 1.00 e. The summed E-state index contributed by atoms with van der Waals surface area (Å²) in [5, 5.41) is 15.1. The predicted molar refractivity (Wildman–Crippen MR) is 59.7 cm³/mol. The first-order valence-electron chi connectivity index (χ1n) is 5.22. The molecule has 0 aliphatic rings. The Labute approximate surface area is 128 Å². The summed E-state index contributed by atoms with van der Waals surface area (Å²) in [4.78, 5) is 32.8. The van der Waals surface area contributed by atoms with Crippen LogP contribution in [0.15, 0.2) is 12.7 Å². The third-order valence-corrected chi connectivity index (χ3v) is 2.03. The van der Waals surface area contributed by atoms with Crippen molar-refractivity contribution in [2.45, 2.75) is 32.2 Å². The van der Waals surface area contributed by atoms with Crippen LogP contribution in [-0.4, -0.2) is 29.9 Å². The molecule has 0 heterocycles. The van der Waals surface area contributed by atoms with Crippen molar-refractivity contribution in [3.63, 3.8) is 0 Å². The van der Waals surface area contributed by atoms with Gasteiger partial charge in [-0.15, -0.1) is 0 Å². The molecule has 7 heteroatoms. The van der Waals surface area contributed by atoms with Gasteiger partial charge in [0.1, 0.15) is 5.54 Å². The monoisotopic (exact) mass is 264 g/mol. The Hall–Kier alpha value is -0.850. The van der Waals surface area contributed by atoms with Gasteiger partial charge in [-0.25, -0.2) is 0 Å². The second-order valence-corrected chi connectivity index (χ2v) is 4.05. The van der Waals surface area contributed by atoms with E-state index in [4.69, 9.17) is 0 Å². The molecule has 6 nitrogen and oxygen atoms in total. The first-order valence-corrected chi connectivity index (χ1v) is 5.22. The standard InChI is InChI=1S/C11H18N2O4.Na/c1-4-8(14)13-11(2,3)10(17)12-7-5-6-9(15)16;/h4H,1,5-7H2,2-3H3,(H,12,17)(H,13,14)(H,15,16);/q;+1/p-1. The van der Waals surface area contributed by atoms with Crippen molar-refractivity contribution >= 4 is 17.8 Å². The molecule has 0 saturated carbocycles. The second-order valence-electron chi connectivity index (χ2n) is 4.05. The van der Waals surface area contributed by atoms with E-state index in [1.54, 1.807) is 13.8 Å². The molecule has 0 spiro atoms. The summed E-state index contributed by atoms with van der Waals surface area (Å²) in [7, 11) is 0. The molecule has 2 N–H and O–H groups in total. The SMILES string of the molecule is C=CC(=O)NC(C)(C)C(=O)NCCCC(=O)[O-].[Na+]. The molecule has 18 heavy (non-hydrogen) atoms. The van der Waals surface area contributed by atoms with E-state index in [-0.39, 0.29) is 48.4 Å². The minimum atomic E-state index is -1.15. The third-order valence-electron chi connectivity index (χ3n) is 2.03. The zero-order valence-electron chi connectivity index (χ0n) is 11.0. The van der Waals surface area contributed by atoms with Gasteiger partial charge in [0.15, 0.2) is 0 Å². The predicted octanol–water partition coefficient (Wildman–Crippen LogP) is -4.28. The van der Waals surface area contributed by atoms with Crippen LogP contribution < -0.4 is 45.3 Å². The van der Waals surface area contributed by atoms with Gasteiger partial charge in [-0.3, -0.25) is 9.59 Å². The Morgan fingerprint density at radius 1 is 1.33 bits per heavy atom. The zero-order chi connectivity index (χ0) is 13.5. The van der Waals surface area contributed by atoms with Crippen molar-refractivity contribution in [3.05, 3.63) is 12.7 Å². The molecule has 0 aliphatic heterocycles. The second kappa shape index (κ2) is 9.13. The van der Waals surface area contributed by atoms with Gasteiger partial charge in [0.2, 0.25) is 11.8 Å². The van der Waals surface area contributed by atoms with E-state index in [1.165, 1.54) is 0 Å². The average molecular weight is 264 g/mol. The minimum absolute atomic E-state index is 0. The topological polar surface area (TPSA) is 98.3 Å². The van der Waals surface area contributed by atoms with Gasteiger partial charge in [0.05, 0.1) is 0 Å². The smallest absolute Gasteiger partial charge is 0.550 e. The summed E-state index contributed by atoms with van der Waals surface area (Å²) >= 11 is 0. The first kappa shape index (κ1) is 19.5. The summed E-state index contributed by atoms with van der Waals surface area (Å²) in [5.41, 5.74) is -1.06. The average Bonchev–Trinajstić information content (AvgIpc) is 2.22. The number of rotatable bonds is 7. The van der Waals surface area contributed by atoms with E-state index in [0.29, 0.717) is 6.42 Å². The number of carbonyl (C=O) groups is 3. The number of carboxylic acid groups (broad SMARTS) is 1. The van der Waals surface area contributed by atoms with Crippen molar-refractivity contribution < 1.29 is 49.0 Å². The molecule has 0 fully saturated rings. The number of amides is 2. The summed E-state index contributed by atoms with van der Waals surface area (Å²) < 4.78 is 0. The fourth-order valence-corrected chi connectivity index (χ4v) is 1.07. The molecule has 0 unspecified atom stereocenters. The molecule has 0 atom stereocenters. The van der Waals surface area contributed by atoms with Crippen LogP contribution in [0.4, 0.5) is 0 Å². The van der Waals surface area contributed by atoms with Crippen molar-refractivity contribution in [1.82, 2.24) is 10.6 Å². The van der Waals surface area contributed by atoms with Gasteiger partial charge in [0, 0.05) is 12.5 Å². The van der Waals surface area contributed by atoms with Gasteiger partial charge in [-0.1, -0.05) is 6.58 Å². The molecular weight excluding hydrogens is 247 g/mol. The van der Waals surface area contributed by atoms with Crippen LogP contribution in [0.2, 0.25) is 0 Å². The van der Waals surface area contributed by atoms with E-state index in [1.807, 2.05) is 0 Å². The summed E-state index contributed by atoms with van der Waals surface area (Å²) in [6, 6.07) is 0. The molecule has 96 valence electrons. The van der Waals surface area contributed by atoms with Crippen LogP contribution >= 0.6 is 0 Å². The Kier molecular flexibility index (Phi) is 9.88. The number of hydrogen-bond donors (Lipinski definition) is 2. The van der Waals surface area contributed by atoms with Gasteiger partial charge in [-0.05, 0) is 32.8 Å². The van der Waals surface area contributed by atoms with E-state index in [9.17, 15) is 19.5 Å². The van der Waals surface area contributed by atoms with E-state index < -0.39 is 17.4 Å². The van der Waals surface area contributed by atoms with Crippen LogP contribution in [0, 0.1) is 0 Å².